The fraction of sp³-hybridized carbons (Fsp3) is 0.706. The van der Waals surface area contributed by atoms with Gasteiger partial charge in [-0.1, -0.05) is 64.7 Å². The summed E-state index contributed by atoms with van der Waals surface area (Å²) in [5.41, 5.74) is 0.615. The maximum atomic E-state index is 11.9. The number of unbranched alkanes of at least 4 members (excludes halogenated alkanes) is 9. The molecule has 0 unspecified atom stereocenters. The molecule has 0 atom stereocenters. The minimum Gasteiger partial charge on any atom is -0.462 e. The van der Waals surface area contributed by atoms with E-state index in [1.807, 2.05) is 0 Å². The monoisotopic (exact) mass is 452 g/mol. The van der Waals surface area contributed by atoms with Gasteiger partial charge in [-0.2, -0.15) is 0 Å². The first-order valence-electron chi connectivity index (χ1n) is 8.27. The fourth-order valence-corrected chi connectivity index (χ4v) is 5.08. The van der Waals surface area contributed by atoms with E-state index in [-0.39, 0.29) is 5.97 Å². The van der Waals surface area contributed by atoms with Gasteiger partial charge in [0.05, 0.1) is 19.7 Å². The van der Waals surface area contributed by atoms with E-state index < -0.39 is 0 Å². The molecule has 0 aliphatic heterocycles. The van der Waals surface area contributed by atoms with Crippen LogP contribution in [0.15, 0.2) is 13.6 Å². The summed E-state index contributed by atoms with van der Waals surface area (Å²) >= 11 is 8.24. The Morgan fingerprint density at radius 1 is 1.00 bits per heavy atom. The van der Waals surface area contributed by atoms with Crippen LogP contribution in [-0.2, 0) is 4.74 Å². The van der Waals surface area contributed by atoms with Crippen LogP contribution < -0.4 is 0 Å². The van der Waals surface area contributed by atoms with Crippen LogP contribution in [0.25, 0.3) is 0 Å². The van der Waals surface area contributed by atoms with Crippen molar-refractivity contribution in [2.24, 2.45) is 0 Å². The van der Waals surface area contributed by atoms with Gasteiger partial charge in [-0.3, -0.25) is 0 Å². The third-order valence-corrected chi connectivity index (χ3v) is 5.95. The summed E-state index contributed by atoms with van der Waals surface area (Å²) in [7, 11) is 0. The molecule has 126 valence electrons. The third kappa shape index (κ3) is 8.68. The van der Waals surface area contributed by atoms with Gasteiger partial charge in [0.25, 0.3) is 0 Å². The standard InChI is InChI=1S/C17H26Br2O2S/c1-2-3-4-5-6-7-8-9-10-11-12-21-17(20)14-13-15(18)22-16(14)19/h13H,2-12H2,1H3. The second-order valence-corrected chi connectivity index (χ2v) is 9.31. The molecule has 0 saturated carbocycles. The number of ether oxygens (including phenoxy) is 1. The molecule has 2 nitrogen and oxygen atoms in total. The third-order valence-electron chi connectivity index (χ3n) is 3.61. The van der Waals surface area contributed by atoms with Crippen LogP contribution in [0.2, 0.25) is 0 Å². The number of carbonyl (C=O) groups is 1. The Morgan fingerprint density at radius 2 is 1.55 bits per heavy atom. The second-order valence-electron chi connectivity index (χ2n) is 5.56. The highest BCUT2D eigenvalue weighted by molar-refractivity contribution is 9.12. The van der Waals surface area contributed by atoms with Gasteiger partial charge < -0.3 is 4.74 Å². The molecule has 1 aromatic heterocycles. The molecule has 0 saturated heterocycles. The van der Waals surface area contributed by atoms with Gasteiger partial charge in [0.1, 0.15) is 0 Å². The van der Waals surface area contributed by atoms with E-state index in [2.05, 4.69) is 38.8 Å². The Labute approximate surface area is 155 Å². The predicted molar refractivity (Wildman–Crippen MR) is 102 cm³/mol. The van der Waals surface area contributed by atoms with E-state index >= 15 is 0 Å². The van der Waals surface area contributed by atoms with E-state index in [4.69, 9.17) is 4.74 Å². The number of esters is 1. The Morgan fingerprint density at radius 3 is 2.05 bits per heavy atom. The molecule has 0 fully saturated rings. The second kappa shape index (κ2) is 12.5. The molecule has 0 amide bonds. The molecule has 0 aliphatic rings. The van der Waals surface area contributed by atoms with Crippen molar-refractivity contribution in [3.8, 4) is 0 Å². The van der Waals surface area contributed by atoms with Gasteiger partial charge in [-0.25, -0.2) is 4.79 Å². The Hall–Kier alpha value is 0.130. The average Bonchev–Trinajstić information content (AvgIpc) is 2.83. The zero-order valence-electron chi connectivity index (χ0n) is 13.3. The van der Waals surface area contributed by atoms with E-state index in [0.717, 1.165) is 20.4 Å². The fourth-order valence-electron chi connectivity index (χ4n) is 2.31. The molecule has 5 heteroatoms. The molecular weight excluding hydrogens is 428 g/mol. The lowest BCUT2D eigenvalue weighted by molar-refractivity contribution is 0.0497. The van der Waals surface area contributed by atoms with Crippen molar-refractivity contribution in [2.75, 3.05) is 6.61 Å². The summed E-state index contributed by atoms with van der Waals surface area (Å²) in [6.45, 7) is 2.78. The summed E-state index contributed by atoms with van der Waals surface area (Å²) in [5, 5.41) is 0. The first kappa shape index (κ1) is 20.2. The number of halogens is 2. The van der Waals surface area contributed by atoms with E-state index in [1.165, 1.54) is 62.7 Å². The first-order valence-corrected chi connectivity index (χ1v) is 10.7. The maximum Gasteiger partial charge on any atom is 0.340 e. The molecule has 0 aromatic carbocycles. The molecule has 0 aliphatic carbocycles. The summed E-state index contributed by atoms with van der Waals surface area (Å²) in [6, 6.07) is 1.80. The van der Waals surface area contributed by atoms with Crippen molar-refractivity contribution in [1.82, 2.24) is 0 Å². The topological polar surface area (TPSA) is 26.3 Å². The van der Waals surface area contributed by atoms with Crippen molar-refractivity contribution in [1.29, 1.82) is 0 Å². The number of rotatable bonds is 12. The maximum absolute atomic E-state index is 11.9. The van der Waals surface area contributed by atoms with Gasteiger partial charge in [0.15, 0.2) is 0 Å². The highest BCUT2D eigenvalue weighted by Crippen LogP contribution is 2.32. The molecule has 22 heavy (non-hydrogen) atoms. The molecule has 1 heterocycles. The van der Waals surface area contributed by atoms with Crippen LogP contribution in [0.3, 0.4) is 0 Å². The Balaban J connectivity index is 1.95. The lowest BCUT2D eigenvalue weighted by atomic mass is 10.1. The summed E-state index contributed by atoms with van der Waals surface area (Å²) in [5.74, 6) is -0.232. The lowest BCUT2D eigenvalue weighted by Crippen LogP contribution is -2.05. The van der Waals surface area contributed by atoms with E-state index in [0.29, 0.717) is 12.2 Å². The smallest absolute Gasteiger partial charge is 0.340 e. The van der Waals surface area contributed by atoms with Gasteiger partial charge in [-0.05, 0) is 44.3 Å². The highest BCUT2D eigenvalue weighted by Gasteiger charge is 2.14. The van der Waals surface area contributed by atoms with Crippen molar-refractivity contribution < 1.29 is 9.53 Å². The SMILES string of the molecule is CCCCCCCCCCCCOC(=O)c1cc(Br)sc1Br. The van der Waals surface area contributed by atoms with Gasteiger partial charge in [0.2, 0.25) is 0 Å². The molecule has 0 bridgehead atoms. The summed E-state index contributed by atoms with van der Waals surface area (Å²) < 4.78 is 7.07. The van der Waals surface area contributed by atoms with Crippen LogP contribution in [0.5, 0.6) is 0 Å². The molecule has 0 spiro atoms. The van der Waals surface area contributed by atoms with Crippen molar-refractivity contribution in [3.05, 3.63) is 19.2 Å². The first-order chi connectivity index (χ1) is 10.6. The molecule has 1 aromatic rings. The lowest BCUT2D eigenvalue weighted by Gasteiger charge is -2.04. The van der Waals surface area contributed by atoms with Crippen LogP contribution in [0, 0.1) is 0 Å². The summed E-state index contributed by atoms with van der Waals surface area (Å²) in [6.07, 6.45) is 12.9. The normalized spacial score (nSPS) is 10.9. The number of thiophene rings is 1. The average molecular weight is 454 g/mol. The minimum absolute atomic E-state index is 0.232. The zero-order valence-corrected chi connectivity index (χ0v) is 17.3. The largest absolute Gasteiger partial charge is 0.462 e. The quantitative estimate of drug-likeness (QED) is 0.244. The zero-order chi connectivity index (χ0) is 16.2. The number of carbonyl (C=O) groups excluding carboxylic acids is 1. The number of hydrogen-bond donors (Lipinski definition) is 0. The van der Waals surface area contributed by atoms with E-state index in [1.54, 1.807) is 6.07 Å². The van der Waals surface area contributed by atoms with Crippen LogP contribution in [0.1, 0.15) is 81.5 Å². The Kier molecular flexibility index (Phi) is 11.5. The van der Waals surface area contributed by atoms with Gasteiger partial charge in [0, 0.05) is 0 Å². The van der Waals surface area contributed by atoms with Crippen LogP contribution >= 0.6 is 43.2 Å². The molecule has 1 rings (SSSR count). The molecule has 0 N–H and O–H groups in total. The minimum atomic E-state index is -0.232. The summed E-state index contributed by atoms with van der Waals surface area (Å²) in [4.78, 5) is 11.9. The van der Waals surface area contributed by atoms with Gasteiger partial charge >= 0.3 is 5.97 Å². The molecular formula is C17H26Br2O2S. The van der Waals surface area contributed by atoms with Gasteiger partial charge in [-0.15, -0.1) is 11.3 Å². The Bertz CT molecular complexity index is 432. The van der Waals surface area contributed by atoms with Crippen molar-refractivity contribution >= 4 is 49.2 Å². The van der Waals surface area contributed by atoms with Crippen molar-refractivity contribution in [2.45, 2.75) is 71.1 Å². The van der Waals surface area contributed by atoms with E-state index in [9.17, 15) is 4.79 Å². The van der Waals surface area contributed by atoms with Crippen molar-refractivity contribution in [3.63, 3.8) is 0 Å². The number of hydrogen-bond acceptors (Lipinski definition) is 3. The predicted octanol–water partition coefficient (Wildman–Crippen LogP) is 7.35. The molecule has 0 radical (unpaired) electrons. The van der Waals surface area contributed by atoms with Crippen LogP contribution in [-0.4, -0.2) is 12.6 Å². The van der Waals surface area contributed by atoms with Crippen LogP contribution in [0.4, 0.5) is 0 Å². The highest BCUT2D eigenvalue weighted by atomic mass is 79.9.